The fourth-order valence-electron chi connectivity index (χ4n) is 1.40. The van der Waals surface area contributed by atoms with E-state index >= 15 is 0 Å². The highest BCUT2D eigenvalue weighted by molar-refractivity contribution is 6.28. The van der Waals surface area contributed by atoms with Crippen molar-refractivity contribution in [2.45, 2.75) is 26.9 Å². The Morgan fingerprint density at radius 1 is 1.21 bits per heavy atom. The second-order valence-corrected chi connectivity index (χ2v) is 4.52. The Balaban J connectivity index is 2.25. The van der Waals surface area contributed by atoms with Crippen LogP contribution >= 0.6 is 11.6 Å². The highest BCUT2D eigenvalue weighted by atomic mass is 35.5. The summed E-state index contributed by atoms with van der Waals surface area (Å²) in [6, 6.07) is 1.96. The number of aromatic nitrogens is 5. The molecule has 0 fully saturated rings. The molecular formula is C11H14ClN5O2. The molecule has 0 amide bonds. The standard InChI is InChI=1S/C11H14ClN5O2/c1-6(2)18-10-13-9(12)14-11(15-10)19-8-5-7(3)16-17(8)4/h5-6H,1-4H3. The number of halogens is 1. The van der Waals surface area contributed by atoms with E-state index in [0.717, 1.165) is 5.69 Å². The number of hydrogen-bond donors (Lipinski definition) is 0. The lowest BCUT2D eigenvalue weighted by atomic mass is 10.5. The molecular weight excluding hydrogens is 270 g/mol. The molecule has 2 aromatic heterocycles. The van der Waals surface area contributed by atoms with Crippen LogP contribution in [0.25, 0.3) is 0 Å². The van der Waals surface area contributed by atoms with Crippen LogP contribution in [-0.4, -0.2) is 30.8 Å². The van der Waals surface area contributed by atoms with E-state index in [4.69, 9.17) is 21.1 Å². The van der Waals surface area contributed by atoms with E-state index in [9.17, 15) is 0 Å². The Kier molecular flexibility index (Phi) is 3.84. The van der Waals surface area contributed by atoms with Crippen molar-refractivity contribution in [1.29, 1.82) is 0 Å². The summed E-state index contributed by atoms with van der Waals surface area (Å²) in [5.41, 5.74) is 0.830. The van der Waals surface area contributed by atoms with E-state index in [1.165, 1.54) is 0 Å². The smallest absolute Gasteiger partial charge is 0.330 e. The van der Waals surface area contributed by atoms with E-state index in [1.54, 1.807) is 17.8 Å². The average Bonchev–Trinajstić information content (AvgIpc) is 2.55. The molecule has 0 aliphatic carbocycles. The highest BCUT2D eigenvalue weighted by Crippen LogP contribution is 2.21. The molecule has 0 aliphatic rings. The molecule has 102 valence electrons. The van der Waals surface area contributed by atoms with Gasteiger partial charge >= 0.3 is 12.0 Å². The quantitative estimate of drug-likeness (QED) is 0.856. The first-order valence-corrected chi connectivity index (χ1v) is 6.08. The third kappa shape index (κ3) is 3.54. The van der Waals surface area contributed by atoms with Crippen molar-refractivity contribution in [2.24, 2.45) is 7.05 Å². The SMILES string of the molecule is Cc1cc(Oc2nc(Cl)nc(OC(C)C)n2)n(C)n1. The Bertz CT molecular complexity index is 584. The van der Waals surface area contributed by atoms with E-state index in [2.05, 4.69) is 20.1 Å². The van der Waals surface area contributed by atoms with Crippen LogP contribution in [0.15, 0.2) is 6.07 Å². The molecule has 2 heterocycles. The van der Waals surface area contributed by atoms with E-state index in [-0.39, 0.29) is 23.4 Å². The van der Waals surface area contributed by atoms with Crippen LogP contribution < -0.4 is 9.47 Å². The van der Waals surface area contributed by atoms with Crippen molar-refractivity contribution < 1.29 is 9.47 Å². The van der Waals surface area contributed by atoms with E-state index in [1.807, 2.05) is 20.8 Å². The molecule has 2 aromatic rings. The summed E-state index contributed by atoms with van der Waals surface area (Å²) in [6.45, 7) is 5.59. The van der Waals surface area contributed by atoms with Crippen molar-refractivity contribution in [2.75, 3.05) is 0 Å². The molecule has 7 nitrogen and oxygen atoms in total. The number of rotatable bonds is 4. The van der Waals surface area contributed by atoms with Crippen LogP contribution in [0.2, 0.25) is 5.28 Å². The predicted octanol–water partition coefficient (Wildman–Crippen LogP) is 2.15. The van der Waals surface area contributed by atoms with Crippen molar-refractivity contribution >= 4 is 11.6 Å². The summed E-state index contributed by atoms with van der Waals surface area (Å²) >= 11 is 5.80. The normalized spacial score (nSPS) is 10.8. The van der Waals surface area contributed by atoms with Gasteiger partial charge < -0.3 is 9.47 Å². The topological polar surface area (TPSA) is 75.0 Å². The highest BCUT2D eigenvalue weighted by Gasteiger charge is 2.12. The maximum atomic E-state index is 5.80. The summed E-state index contributed by atoms with van der Waals surface area (Å²) in [4.78, 5) is 11.8. The van der Waals surface area contributed by atoms with Gasteiger partial charge in [0.2, 0.25) is 11.2 Å². The van der Waals surface area contributed by atoms with Gasteiger partial charge in [0.25, 0.3) is 0 Å². The molecule has 0 saturated heterocycles. The van der Waals surface area contributed by atoms with Gasteiger partial charge in [-0.3, -0.25) is 0 Å². The molecule has 0 N–H and O–H groups in total. The molecule has 0 radical (unpaired) electrons. The van der Waals surface area contributed by atoms with Gasteiger partial charge in [0.15, 0.2) is 0 Å². The summed E-state index contributed by atoms with van der Waals surface area (Å²) in [7, 11) is 1.76. The summed E-state index contributed by atoms with van der Waals surface area (Å²) < 4.78 is 12.4. The Morgan fingerprint density at radius 2 is 1.89 bits per heavy atom. The molecule has 0 aliphatic heterocycles. The fourth-order valence-corrected chi connectivity index (χ4v) is 1.54. The first kappa shape index (κ1) is 13.5. The first-order valence-electron chi connectivity index (χ1n) is 5.71. The summed E-state index contributed by atoms with van der Waals surface area (Å²) in [5, 5.41) is 4.17. The Hall–Kier alpha value is -1.89. The monoisotopic (exact) mass is 283 g/mol. The van der Waals surface area contributed by atoms with Gasteiger partial charge in [-0.05, 0) is 32.4 Å². The van der Waals surface area contributed by atoms with Gasteiger partial charge in [-0.25, -0.2) is 4.68 Å². The number of aryl methyl sites for hydroxylation is 2. The van der Waals surface area contributed by atoms with Crippen LogP contribution in [0.1, 0.15) is 19.5 Å². The Labute approximate surface area is 115 Å². The second kappa shape index (κ2) is 5.40. The maximum absolute atomic E-state index is 5.80. The zero-order chi connectivity index (χ0) is 14.0. The largest absolute Gasteiger partial charge is 0.461 e. The van der Waals surface area contributed by atoms with Gasteiger partial charge in [-0.15, -0.1) is 4.98 Å². The van der Waals surface area contributed by atoms with E-state index < -0.39 is 0 Å². The van der Waals surface area contributed by atoms with Crippen molar-refractivity contribution in [3.63, 3.8) is 0 Å². The lowest BCUT2D eigenvalue weighted by Gasteiger charge is -2.08. The van der Waals surface area contributed by atoms with Crippen molar-refractivity contribution in [1.82, 2.24) is 24.7 Å². The summed E-state index contributed by atoms with van der Waals surface area (Å²) in [5.74, 6) is 0.510. The third-order valence-corrected chi connectivity index (χ3v) is 2.23. The number of hydrogen-bond acceptors (Lipinski definition) is 6. The molecule has 0 aromatic carbocycles. The van der Waals surface area contributed by atoms with Gasteiger partial charge in [0.05, 0.1) is 11.8 Å². The van der Waals surface area contributed by atoms with Gasteiger partial charge in [0, 0.05) is 13.1 Å². The minimum Gasteiger partial charge on any atom is -0.461 e. The predicted molar refractivity (Wildman–Crippen MR) is 68.6 cm³/mol. The van der Waals surface area contributed by atoms with E-state index in [0.29, 0.717) is 5.88 Å². The zero-order valence-electron chi connectivity index (χ0n) is 11.1. The molecule has 19 heavy (non-hydrogen) atoms. The molecule has 0 bridgehead atoms. The van der Waals surface area contributed by atoms with Gasteiger partial charge in [-0.2, -0.15) is 15.1 Å². The third-order valence-electron chi connectivity index (χ3n) is 2.06. The fraction of sp³-hybridized carbons (Fsp3) is 0.455. The van der Waals surface area contributed by atoms with Crippen LogP contribution in [0.4, 0.5) is 0 Å². The molecule has 0 unspecified atom stereocenters. The molecule has 0 spiro atoms. The van der Waals surface area contributed by atoms with Crippen molar-refractivity contribution in [3.8, 4) is 17.9 Å². The minimum absolute atomic E-state index is 0.0135. The zero-order valence-corrected chi connectivity index (χ0v) is 11.8. The van der Waals surface area contributed by atoms with Gasteiger partial charge in [0.1, 0.15) is 0 Å². The first-order chi connectivity index (χ1) is 8.94. The minimum atomic E-state index is -0.0646. The van der Waals surface area contributed by atoms with Crippen LogP contribution in [0, 0.1) is 6.92 Å². The summed E-state index contributed by atoms with van der Waals surface area (Å²) in [6.07, 6.45) is -0.0646. The van der Waals surface area contributed by atoms with Crippen LogP contribution in [0.3, 0.4) is 0 Å². The second-order valence-electron chi connectivity index (χ2n) is 4.19. The number of nitrogens with zero attached hydrogens (tertiary/aromatic N) is 5. The molecule has 0 atom stereocenters. The van der Waals surface area contributed by atoms with Crippen LogP contribution in [-0.2, 0) is 7.05 Å². The molecule has 8 heteroatoms. The molecule has 2 rings (SSSR count). The number of ether oxygens (including phenoxy) is 2. The van der Waals surface area contributed by atoms with Crippen molar-refractivity contribution in [3.05, 3.63) is 17.0 Å². The van der Waals surface area contributed by atoms with Crippen LogP contribution in [0.5, 0.6) is 17.9 Å². The van der Waals surface area contributed by atoms with Gasteiger partial charge in [-0.1, -0.05) is 0 Å². The lowest BCUT2D eigenvalue weighted by molar-refractivity contribution is 0.217. The average molecular weight is 284 g/mol. The Morgan fingerprint density at radius 3 is 2.47 bits per heavy atom. The lowest BCUT2D eigenvalue weighted by Crippen LogP contribution is -2.10. The maximum Gasteiger partial charge on any atom is 0.330 e. The molecule has 0 saturated carbocycles.